The summed E-state index contributed by atoms with van der Waals surface area (Å²) in [5.74, 6) is -2.85. The molecule has 202 valence electrons. The van der Waals surface area contributed by atoms with Crippen LogP contribution in [0.4, 0.5) is 26.3 Å². The van der Waals surface area contributed by atoms with Gasteiger partial charge in [0.25, 0.3) is 5.91 Å². The van der Waals surface area contributed by atoms with Gasteiger partial charge in [0.1, 0.15) is 17.2 Å². The normalized spacial score (nSPS) is 12.6. The van der Waals surface area contributed by atoms with E-state index in [0.29, 0.717) is 5.70 Å². The number of carbonyl (C=O) groups is 1. The molecule has 7 nitrogen and oxygen atoms in total. The molecule has 0 spiro atoms. The number of methoxy groups -OCH3 is 1. The molecule has 1 amide bonds. The van der Waals surface area contributed by atoms with Gasteiger partial charge in [-0.15, -0.1) is 26.3 Å². The first-order chi connectivity index (χ1) is 17.1. The number of amides is 1. The third-order valence-electron chi connectivity index (χ3n) is 4.36. The number of nitrogens with zero attached hydrogens (tertiary/aromatic N) is 1. The Hall–Kier alpha value is -3.90. The third kappa shape index (κ3) is 9.24. The van der Waals surface area contributed by atoms with Gasteiger partial charge in [0.15, 0.2) is 11.5 Å². The van der Waals surface area contributed by atoms with Gasteiger partial charge in [0.2, 0.25) is 0 Å². The standard InChI is InChI=1S/C24H24F6N2O5/c1-13(2)8-15(12-31-4)32-22(33)21-14(3)9-17(37-24(28,29)30)11-20(21)35-18-7-6-16(10-19(18)34-5)36-23(25,26)27/h6-13H,1-5H3,(H,32,33)/b15-8+,31-12?. The molecular weight excluding hydrogens is 510 g/mol. The number of nitrogens with one attached hydrogen (secondary N) is 1. The molecule has 0 fully saturated rings. The number of hydrogen-bond acceptors (Lipinski definition) is 6. The van der Waals surface area contributed by atoms with E-state index in [1.165, 1.54) is 20.2 Å². The Morgan fingerprint density at radius 2 is 1.54 bits per heavy atom. The van der Waals surface area contributed by atoms with Crippen LogP contribution >= 0.6 is 0 Å². The smallest absolute Gasteiger partial charge is 0.493 e. The minimum absolute atomic E-state index is 0.0226. The fourth-order valence-corrected chi connectivity index (χ4v) is 3.14. The lowest BCUT2D eigenvalue weighted by Gasteiger charge is -2.18. The Morgan fingerprint density at radius 1 is 0.946 bits per heavy atom. The maximum absolute atomic E-state index is 13.2. The monoisotopic (exact) mass is 534 g/mol. The summed E-state index contributed by atoms with van der Waals surface area (Å²) in [5, 5.41) is 2.62. The highest BCUT2D eigenvalue weighted by molar-refractivity contribution is 6.02. The van der Waals surface area contributed by atoms with E-state index in [1.807, 2.05) is 13.8 Å². The molecule has 0 saturated heterocycles. The highest BCUT2D eigenvalue weighted by Crippen LogP contribution is 2.40. The van der Waals surface area contributed by atoms with E-state index in [4.69, 9.17) is 9.47 Å². The van der Waals surface area contributed by atoms with Crippen molar-refractivity contribution in [3.63, 3.8) is 0 Å². The van der Waals surface area contributed by atoms with Crippen LogP contribution in [0.15, 0.2) is 47.1 Å². The number of halogens is 6. The van der Waals surface area contributed by atoms with Crippen LogP contribution in [0, 0.1) is 12.8 Å². The van der Waals surface area contributed by atoms with Crippen molar-refractivity contribution >= 4 is 12.1 Å². The van der Waals surface area contributed by atoms with E-state index in [0.717, 1.165) is 37.4 Å². The first-order valence-corrected chi connectivity index (χ1v) is 10.6. The lowest BCUT2D eigenvalue weighted by molar-refractivity contribution is -0.275. The van der Waals surface area contributed by atoms with Crippen LogP contribution in [-0.4, -0.2) is 39.0 Å². The third-order valence-corrected chi connectivity index (χ3v) is 4.36. The van der Waals surface area contributed by atoms with Gasteiger partial charge >= 0.3 is 12.7 Å². The number of aryl methyl sites for hydroxylation is 1. The molecule has 0 aromatic heterocycles. The molecule has 0 aliphatic heterocycles. The van der Waals surface area contributed by atoms with Crippen molar-refractivity contribution < 1.29 is 50.1 Å². The zero-order valence-electron chi connectivity index (χ0n) is 20.4. The molecule has 0 saturated carbocycles. The largest absolute Gasteiger partial charge is 0.573 e. The van der Waals surface area contributed by atoms with Crippen LogP contribution in [0.25, 0.3) is 0 Å². The molecule has 0 heterocycles. The molecule has 2 aromatic carbocycles. The van der Waals surface area contributed by atoms with Gasteiger partial charge in [0.05, 0.1) is 18.4 Å². The van der Waals surface area contributed by atoms with Crippen LogP contribution < -0.4 is 24.3 Å². The van der Waals surface area contributed by atoms with Crippen LogP contribution in [0.3, 0.4) is 0 Å². The fraction of sp³-hybridized carbons (Fsp3) is 0.333. The summed E-state index contributed by atoms with van der Waals surface area (Å²) in [6.07, 6.45) is -6.92. The molecule has 0 atom stereocenters. The number of aliphatic imine (C=N–C) groups is 1. The van der Waals surface area contributed by atoms with Crippen LogP contribution in [-0.2, 0) is 0 Å². The van der Waals surface area contributed by atoms with Gasteiger partial charge in [-0.1, -0.05) is 19.9 Å². The Morgan fingerprint density at radius 3 is 2.08 bits per heavy atom. The van der Waals surface area contributed by atoms with E-state index in [2.05, 4.69) is 19.8 Å². The van der Waals surface area contributed by atoms with Crippen molar-refractivity contribution in [2.75, 3.05) is 14.2 Å². The molecule has 2 aromatic rings. The summed E-state index contributed by atoms with van der Waals surface area (Å²) in [6.45, 7) is 5.08. The summed E-state index contributed by atoms with van der Waals surface area (Å²) in [5.41, 5.74) is 0.226. The molecule has 0 radical (unpaired) electrons. The summed E-state index contributed by atoms with van der Waals surface area (Å²) < 4.78 is 94.9. The Labute approximate surface area is 208 Å². The molecule has 0 aliphatic rings. The Kier molecular flexibility index (Phi) is 9.43. The molecule has 0 unspecified atom stereocenters. The van der Waals surface area contributed by atoms with Crippen LogP contribution in [0.1, 0.15) is 29.8 Å². The average molecular weight is 534 g/mol. The van der Waals surface area contributed by atoms with E-state index < -0.39 is 30.1 Å². The Bertz CT molecular complexity index is 1170. The zero-order chi connectivity index (χ0) is 28.0. The van der Waals surface area contributed by atoms with Gasteiger partial charge in [-0.25, -0.2) is 0 Å². The van der Waals surface area contributed by atoms with Crippen molar-refractivity contribution in [3.05, 3.63) is 53.2 Å². The van der Waals surface area contributed by atoms with Gasteiger partial charge in [-0.05, 0) is 36.6 Å². The number of ether oxygens (including phenoxy) is 4. The van der Waals surface area contributed by atoms with Crippen LogP contribution in [0.5, 0.6) is 28.7 Å². The Balaban J connectivity index is 2.58. The number of rotatable bonds is 9. The summed E-state index contributed by atoms with van der Waals surface area (Å²) in [7, 11) is 2.62. The summed E-state index contributed by atoms with van der Waals surface area (Å²) >= 11 is 0. The van der Waals surface area contributed by atoms with Gasteiger partial charge in [0, 0.05) is 25.4 Å². The van der Waals surface area contributed by atoms with E-state index in [-0.39, 0.29) is 34.3 Å². The molecular formula is C24H24F6N2O5. The predicted octanol–water partition coefficient (Wildman–Crippen LogP) is 6.56. The number of hydrogen-bond donors (Lipinski definition) is 1. The number of alkyl halides is 6. The number of carbonyl (C=O) groups excluding carboxylic acids is 1. The lowest BCUT2D eigenvalue weighted by Crippen LogP contribution is -2.25. The van der Waals surface area contributed by atoms with Crippen molar-refractivity contribution in [1.82, 2.24) is 5.32 Å². The van der Waals surface area contributed by atoms with Crippen molar-refractivity contribution in [1.29, 1.82) is 0 Å². The lowest BCUT2D eigenvalue weighted by atomic mass is 10.1. The molecule has 0 aliphatic carbocycles. The molecule has 2 rings (SSSR count). The first-order valence-electron chi connectivity index (χ1n) is 10.6. The van der Waals surface area contributed by atoms with Crippen molar-refractivity contribution in [2.45, 2.75) is 33.5 Å². The van der Waals surface area contributed by atoms with E-state index in [9.17, 15) is 31.1 Å². The molecule has 1 N–H and O–H groups in total. The average Bonchev–Trinajstić information content (AvgIpc) is 2.71. The highest BCUT2D eigenvalue weighted by atomic mass is 19.4. The summed E-state index contributed by atoms with van der Waals surface area (Å²) in [4.78, 5) is 17.0. The number of allylic oxidation sites excluding steroid dienone is 2. The van der Waals surface area contributed by atoms with Crippen molar-refractivity contribution in [3.8, 4) is 28.7 Å². The minimum Gasteiger partial charge on any atom is -0.493 e. The number of benzene rings is 2. The van der Waals surface area contributed by atoms with Gasteiger partial charge in [-0.3, -0.25) is 9.79 Å². The summed E-state index contributed by atoms with van der Waals surface area (Å²) in [6, 6.07) is 4.64. The van der Waals surface area contributed by atoms with E-state index >= 15 is 0 Å². The van der Waals surface area contributed by atoms with Gasteiger partial charge < -0.3 is 24.3 Å². The highest BCUT2D eigenvalue weighted by Gasteiger charge is 2.33. The predicted molar refractivity (Wildman–Crippen MR) is 122 cm³/mol. The second-order valence-corrected chi connectivity index (χ2v) is 7.83. The van der Waals surface area contributed by atoms with Crippen molar-refractivity contribution in [2.24, 2.45) is 10.9 Å². The molecule has 13 heteroatoms. The first kappa shape index (κ1) is 29.3. The minimum atomic E-state index is -5.04. The molecule has 37 heavy (non-hydrogen) atoms. The van der Waals surface area contributed by atoms with Gasteiger partial charge in [-0.2, -0.15) is 0 Å². The quantitative estimate of drug-likeness (QED) is 0.291. The second kappa shape index (κ2) is 11.9. The maximum Gasteiger partial charge on any atom is 0.573 e. The second-order valence-electron chi connectivity index (χ2n) is 7.83. The molecule has 0 bridgehead atoms. The van der Waals surface area contributed by atoms with E-state index in [1.54, 1.807) is 6.08 Å². The zero-order valence-corrected chi connectivity index (χ0v) is 20.4. The SMILES string of the molecule is CN=C/C(=C\C(C)C)NC(=O)c1c(C)cc(OC(F)(F)F)cc1Oc1ccc(OC(F)(F)F)cc1OC. The van der Waals surface area contributed by atoms with Crippen LogP contribution in [0.2, 0.25) is 0 Å². The fourth-order valence-electron chi connectivity index (χ4n) is 3.14. The maximum atomic E-state index is 13.2. The topological polar surface area (TPSA) is 78.4 Å².